The normalized spacial score (nSPS) is 11.1. The van der Waals surface area contributed by atoms with Crippen LogP contribution in [0, 0.1) is 5.82 Å². The summed E-state index contributed by atoms with van der Waals surface area (Å²) in [6.45, 7) is 1.30. The average Bonchev–Trinajstić information content (AvgIpc) is 3.09. The molecule has 8 heteroatoms. The first-order valence-electron chi connectivity index (χ1n) is 8.99. The number of anilines is 2. The molecule has 4 aromatic rings. The fourth-order valence-corrected chi connectivity index (χ4v) is 3.42. The largest absolute Gasteiger partial charge is 0.506 e. The maximum absolute atomic E-state index is 13.2. The van der Waals surface area contributed by atoms with Crippen molar-refractivity contribution in [3.05, 3.63) is 65.8 Å². The molecule has 4 rings (SSSR count). The van der Waals surface area contributed by atoms with Gasteiger partial charge in [-0.05, 0) is 42.0 Å². The van der Waals surface area contributed by atoms with Gasteiger partial charge in [0, 0.05) is 37.6 Å². The van der Waals surface area contributed by atoms with Crippen molar-refractivity contribution in [2.24, 2.45) is 0 Å². The van der Waals surface area contributed by atoms with Crippen LogP contribution in [-0.2, 0) is 6.54 Å². The van der Waals surface area contributed by atoms with Crippen LogP contribution in [0.5, 0.6) is 5.75 Å². The van der Waals surface area contributed by atoms with Crippen molar-refractivity contribution in [3.8, 4) is 16.9 Å². The molecule has 0 spiro atoms. The second-order valence-electron chi connectivity index (χ2n) is 6.76. The first-order valence-corrected chi connectivity index (χ1v) is 9.36. The van der Waals surface area contributed by atoms with Gasteiger partial charge in [0.15, 0.2) is 0 Å². The highest BCUT2D eigenvalue weighted by molar-refractivity contribution is 6.32. The molecule has 2 heterocycles. The van der Waals surface area contributed by atoms with E-state index in [-0.39, 0.29) is 16.6 Å². The molecule has 0 saturated carbocycles. The van der Waals surface area contributed by atoms with E-state index in [9.17, 15) is 9.50 Å². The lowest BCUT2D eigenvalue weighted by Gasteiger charge is -2.19. The van der Waals surface area contributed by atoms with Crippen molar-refractivity contribution in [2.75, 3.05) is 24.2 Å². The number of aromatic nitrogens is 3. The number of hydrogen-bond donors (Lipinski definition) is 2. The highest BCUT2D eigenvalue weighted by Crippen LogP contribution is 2.36. The van der Waals surface area contributed by atoms with Gasteiger partial charge in [0.2, 0.25) is 0 Å². The lowest BCUT2D eigenvalue weighted by molar-refractivity contribution is 0.476. The van der Waals surface area contributed by atoms with Crippen LogP contribution in [0.4, 0.5) is 15.9 Å². The van der Waals surface area contributed by atoms with E-state index in [2.05, 4.69) is 9.97 Å². The summed E-state index contributed by atoms with van der Waals surface area (Å²) in [5.74, 6) is 0.100. The lowest BCUT2D eigenvalue weighted by atomic mass is 10.1. The number of nitrogens with two attached hydrogens (primary N) is 1. The standard InChI is InChI=1S/C21H19ClFN5O/c1-27(15-5-3-14(23)4-6-15)8-9-28-11-16(13-2-7-17(22)18(29)10-13)19-20(24)25-12-26-21(19)28/h2-7,10-12,29H,8-9H2,1H3,(H2,24,25,26). The van der Waals surface area contributed by atoms with Gasteiger partial charge in [-0.15, -0.1) is 0 Å². The highest BCUT2D eigenvalue weighted by atomic mass is 35.5. The summed E-state index contributed by atoms with van der Waals surface area (Å²) in [6.07, 6.45) is 3.37. The molecule has 0 radical (unpaired) electrons. The Balaban J connectivity index is 1.69. The van der Waals surface area contributed by atoms with E-state index in [4.69, 9.17) is 17.3 Å². The Bertz CT molecular complexity index is 1180. The first kappa shape index (κ1) is 19.0. The van der Waals surface area contributed by atoms with Gasteiger partial charge in [-0.3, -0.25) is 0 Å². The molecule has 0 bridgehead atoms. The average molecular weight is 412 g/mol. The molecule has 0 fully saturated rings. The zero-order valence-electron chi connectivity index (χ0n) is 15.7. The summed E-state index contributed by atoms with van der Waals surface area (Å²) in [6, 6.07) is 11.4. The fraction of sp³-hybridized carbons (Fsp3) is 0.143. The number of hydrogen-bond acceptors (Lipinski definition) is 5. The monoisotopic (exact) mass is 411 g/mol. The van der Waals surface area contributed by atoms with Gasteiger partial charge in [0.1, 0.15) is 29.4 Å². The number of nitrogen functional groups attached to an aromatic ring is 1. The fourth-order valence-electron chi connectivity index (χ4n) is 3.30. The molecule has 0 aliphatic heterocycles. The van der Waals surface area contributed by atoms with Crippen molar-refractivity contribution >= 4 is 34.1 Å². The molecule has 0 aliphatic carbocycles. The third-order valence-electron chi connectivity index (χ3n) is 4.88. The predicted molar refractivity (Wildman–Crippen MR) is 114 cm³/mol. The quantitative estimate of drug-likeness (QED) is 0.511. The molecule has 2 aromatic carbocycles. The number of phenolic OH excluding ortho intramolecular Hbond substituents is 1. The van der Waals surface area contributed by atoms with E-state index in [1.807, 2.05) is 28.8 Å². The SMILES string of the molecule is CN(CCn1cc(-c2ccc(Cl)c(O)c2)c2c(N)ncnc21)c1ccc(F)cc1. The summed E-state index contributed by atoms with van der Waals surface area (Å²) >= 11 is 5.94. The number of nitrogens with zero attached hydrogens (tertiary/aromatic N) is 4. The van der Waals surface area contributed by atoms with E-state index in [1.54, 1.807) is 24.3 Å². The van der Waals surface area contributed by atoms with Crippen molar-refractivity contribution < 1.29 is 9.50 Å². The second kappa shape index (κ2) is 7.60. The number of halogens is 2. The van der Waals surface area contributed by atoms with Crippen molar-refractivity contribution in [3.63, 3.8) is 0 Å². The smallest absolute Gasteiger partial charge is 0.146 e. The van der Waals surface area contributed by atoms with Gasteiger partial charge < -0.3 is 20.3 Å². The summed E-state index contributed by atoms with van der Waals surface area (Å²) in [5.41, 5.74) is 9.34. The first-order chi connectivity index (χ1) is 13.9. The molecule has 3 N–H and O–H groups in total. The molecule has 0 atom stereocenters. The maximum Gasteiger partial charge on any atom is 0.146 e. The topological polar surface area (TPSA) is 80.2 Å². The van der Waals surface area contributed by atoms with E-state index in [1.165, 1.54) is 18.5 Å². The van der Waals surface area contributed by atoms with E-state index in [0.717, 1.165) is 22.2 Å². The summed E-state index contributed by atoms with van der Waals surface area (Å²) in [4.78, 5) is 10.6. The Hall–Kier alpha value is -3.32. The number of phenols is 1. The molecule has 148 valence electrons. The number of aromatic hydroxyl groups is 1. The number of fused-ring (bicyclic) bond motifs is 1. The predicted octanol–water partition coefficient (Wildman–Crippen LogP) is 4.32. The van der Waals surface area contributed by atoms with Crippen molar-refractivity contribution in [1.82, 2.24) is 14.5 Å². The molecule has 0 amide bonds. The zero-order chi connectivity index (χ0) is 20.5. The van der Waals surface area contributed by atoms with Gasteiger partial charge in [-0.25, -0.2) is 14.4 Å². The van der Waals surface area contributed by atoms with Crippen LogP contribution >= 0.6 is 11.6 Å². The van der Waals surface area contributed by atoms with Crippen LogP contribution in [0.25, 0.3) is 22.2 Å². The molecule has 0 saturated heterocycles. The van der Waals surface area contributed by atoms with Gasteiger partial charge in [-0.1, -0.05) is 17.7 Å². The molecule has 2 aromatic heterocycles. The number of rotatable bonds is 5. The van der Waals surface area contributed by atoms with Crippen molar-refractivity contribution in [2.45, 2.75) is 6.54 Å². The number of likely N-dealkylation sites (N-methyl/N-ethyl adjacent to an activating group) is 1. The minimum absolute atomic E-state index is 0.00321. The Labute approximate surface area is 172 Å². The lowest BCUT2D eigenvalue weighted by Crippen LogP contribution is -2.22. The van der Waals surface area contributed by atoms with E-state index >= 15 is 0 Å². The van der Waals surface area contributed by atoms with Crippen LogP contribution < -0.4 is 10.6 Å². The second-order valence-corrected chi connectivity index (χ2v) is 7.17. The molecule has 29 heavy (non-hydrogen) atoms. The maximum atomic E-state index is 13.2. The van der Waals surface area contributed by atoms with E-state index < -0.39 is 0 Å². The molecular formula is C21H19ClFN5O. The minimum atomic E-state index is -0.262. The van der Waals surface area contributed by atoms with Gasteiger partial charge in [0.05, 0.1) is 10.4 Å². The van der Waals surface area contributed by atoms with E-state index in [0.29, 0.717) is 24.6 Å². The third-order valence-corrected chi connectivity index (χ3v) is 5.20. The Morgan fingerprint density at radius 1 is 1.17 bits per heavy atom. The van der Waals surface area contributed by atoms with Crippen LogP contribution in [0.3, 0.4) is 0 Å². The van der Waals surface area contributed by atoms with Crippen LogP contribution in [-0.4, -0.2) is 33.2 Å². The van der Waals surface area contributed by atoms with Gasteiger partial charge >= 0.3 is 0 Å². The Morgan fingerprint density at radius 3 is 2.66 bits per heavy atom. The number of benzene rings is 2. The molecule has 0 unspecified atom stereocenters. The zero-order valence-corrected chi connectivity index (χ0v) is 16.4. The van der Waals surface area contributed by atoms with Gasteiger partial charge in [0.25, 0.3) is 0 Å². The van der Waals surface area contributed by atoms with Crippen LogP contribution in [0.2, 0.25) is 5.02 Å². The summed E-state index contributed by atoms with van der Waals surface area (Å²) in [7, 11) is 1.94. The summed E-state index contributed by atoms with van der Waals surface area (Å²) in [5, 5.41) is 11.0. The van der Waals surface area contributed by atoms with Gasteiger partial charge in [-0.2, -0.15) is 0 Å². The Kier molecular flexibility index (Phi) is 4.98. The highest BCUT2D eigenvalue weighted by Gasteiger charge is 2.16. The molecule has 6 nitrogen and oxygen atoms in total. The van der Waals surface area contributed by atoms with Crippen molar-refractivity contribution in [1.29, 1.82) is 0 Å². The van der Waals surface area contributed by atoms with Crippen LogP contribution in [0.15, 0.2) is 55.0 Å². The third kappa shape index (κ3) is 3.69. The Morgan fingerprint density at radius 2 is 1.93 bits per heavy atom. The molecular weight excluding hydrogens is 393 g/mol. The summed E-state index contributed by atoms with van der Waals surface area (Å²) < 4.78 is 15.2. The van der Waals surface area contributed by atoms with Crippen LogP contribution in [0.1, 0.15) is 0 Å². The molecule has 0 aliphatic rings. The minimum Gasteiger partial charge on any atom is -0.506 e.